The summed E-state index contributed by atoms with van der Waals surface area (Å²) in [5.41, 5.74) is 1.63. The smallest absolute Gasteiger partial charge is 0.251 e. The number of amides is 2. The number of benzene rings is 3. The summed E-state index contributed by atoms with van der Waals surface area (Å²) in [5, 5.41) is 14.9. The van der Waals surface area contributed by atoms with Crippen LogP contribution in [0.4, 0.5) is 5.69 Å². The Kier molecular flexibility index (Phi) is 11.9. The molecule has 0 aliphatic carbocycles. The Labute approximate surface area is 266 Å². The summed E-state index contributed by atoms with van der Waals surface area (Å²) in [4.78, 5) is 26.2. The van der Waals surface area contributed by atoms with Gasteiger partial charge in [0.05, 0.1) is 52.0 Å². The number of rotatable bonds is 16. The molecule has 2 amide bonds. The maximum absolute atomic E-state index is 13.4. The van der Waals surface area contributed by atoms with Crippen molar-refractivity contribution in [1.82, 2.24) is 20.1 Å². The lowest BCUT2D eigenvalue weighted by Crippen LogP contribution is -2.25. The van der Waals surface area contributed by atoms with E-state index in [9.17, 15) is 9.59 Å². The van der Waals surface area contributed by atoms with Crippen molar-refractivity contribution in [1.29, 1.82) is 0 Å². The number of anilines is 1. The van der Waals surface area contributed by atoms with Gasteiger partial charge in [-0.3, -0.25) is 14.2 Å². The lowest BCUT2D eigenvalue weighted by Gasteiger charge is -2.17. The predicted molar refractivity (Wildman–Crippen MR) is 171 cm³/mol. The molecule has 4 aromatic rings. The van der Waals surface area contributed by atoms with E-state index in [1.54, 1.807) is 55.2 Å². The van der Waals surface area contributed by atoms with Crippen molar-refractivity contribution in [3.05, 3.63) is 72.1 Å². The Morgan fingerprint density at radius 2 is 1.49 bits per heavy atom. The number of hydrogen-bond acceptors (Lipinski definition) is 10. The quantitative estimate of drug-likeness (QED) is 0.159. The van der Waals surface area contributed by atoms with Crippen molar-refractivity contribution in [2.75, 3.05) is 45.1 Å². The van der Waals surface area contributed by atoms with Gasteiger partial charge in [0.25, 0.3) is 5.91 Å². The lowest BCUT2D eigenvalue weighted by molar-refractivity contribution is -0.113. The molecule has 0 radical (unpaired) electrons. The minimum absolute atomic E-state index is 0.0314. The fraction of sp³-hybridized carbons (Fsp3) is 0.312. The average Bonchev–Trinajstić information content (AvgIpc) is 3.47. The molecule has 1 heterocycles. The number of thioether (sulfide) groups is 1. The van der Waals surface area contributed by atoms with Crippen LogP contribution in [0.15, 0.2) is 65.8 Å². The normalized spacial score (nSPS) is 10.6. The highest BCUT2D eigenvalue weighted by molar-refractivity contribution is 7.99. The molecule has 13 heteroatoms. The topological polar surface area (TPSA) is 135 Å². The number of carbonyl (C=O) groups excluding carboxylic acids is 2. The zero-order valence-corrected chi connectivity index (χ0v) is 26.7. The molecule has 0 saturated carbocycles. The van der Waals surface area contributed by atoms with Gasteiger partial charge in [0, 0.05) is 11.3 Å². The third-order valence-electron chi connectivity index (χ3n) is 6.31. The summed E-state index contributed by atoms with van der Waals surface area (Å²) in [6.07, 6.45) is 0. The van der Waals surface area contributed by atoms with E-state index in [4.69, 9.17) is 23.7 Å². The van der Waals surface area contributed by atoms with Crippen molar-refractivity contribution in [2.45, 2.75) is 32.5 Å². The molecule has 3 aromatic carbocycles. The molecule has 2 N–H and O–H groups in total. The Hall–Kier alpha value is -4.91. The third kappa shape index (κ3) is 8.38. The van der Waals surface area contributed by atoms with E-state index in [2.05, 4.69) is 20.8 Å². The molecule has 0 bridgehead atoms. The van der Waals surface area contributed by atoms with Crippen molar-refractivity contribution in [3.8, 4) is 34.4 Å². The van der Waals surface area contributed by atoms with E-state index in [0.29, 0.717) is 76.5 Å². The molecule has 45 heavy (non-hydrogen) atoms. The Morgan fingerprint density at radius 1 is 0.822 bits per heavy atom. The first-order valence-corrected chi connectivity index (χ1v) is 15.4. The molecule has 12 nitrogen and oxygen atoms in total. The summed E-state index contributed by atoms with van der Waals surface area (Å²) >= 11 is 1.21. The van der Waals surface area contributed by atoms with Crippen LogP contribution < -0.4 is 34.3 Å². The molecule has 0 aliphatic heterocycles. The van der Waals surface area contributed by atoms with Crippen molar-refractivity contribution in [3.63, 3.8) is 0 Å². The van der Waals surface area contributed by atoms with Crippen LogP contribution in [0, 0.1) is 0 Å². The number of hydrogen-bond donors (Lipinski definition) is 2. The molecule has 0 fully saturated rings. The van der Waals surface area contributed by atoms with Gasteiger partial charge in [0.1, 0.15) is 11.5 Å². The van der Waals surface area contributed by atoms with Gasteiger partial charge in [-0.05, 0) is 69.3 Å². The molecular formula is C32H37N5O7S. The monoisotopic (exact) mass is 635 g/mol. The first kappa shape index (κ1) is 33.0. The third-order valence-corrected chi connectivity index (χ3v) is 7.24. The Morgan fingerprint density at radius 3 is 2.11 bits per heavy atom. The van der Waals surface area contributed by atoms with E-state index < -0.39 is 0 Å². The van der Waals surface area contributed by atoms with Crippen LogP contribution >= 0.6 is 11.8 Å². The molecule has 0 aliphatic rings. The van der Waals surface area contributed by atoms with Gasteiger partial charge in [-0.1, -0.05) is 23.9 Å². The highest BCUT2D eigenvalue weighted by Crippen LogP contribution is 2.39. The Bertz CT molecular complexity index is 1570. The first-order chi connectivity index (χ1) is 21.9. The van der Waals surface area contributed by atoms with Crippen LogP contribution in [0.1, 0.15) is 37.0 Å². The van der Waals surface area contributed by atoms with Gasteiger partial charge in [-0.25, -0.2) is 0 Å². The zero-order valence-electron chi connectivity index (χ0n) is 25.9. The fourth-order valence-corrected chi connectivity index (χ4v) is 5.11. The number of carbonyl (C=O) groups is 2. The molecule has 0 atom stereocenters. The minimum Gasteiger partial charge on any atom is -0.497 e. The van der Waals surface area contributed by atoms with Crippen LogP contribution in [0.5, 0.6) is 28.7 Å². The molecule has 0 spiro atoms. The van der Waals surface area contributed by atoms with Crippen molar-refractivity contribution >= 4 is 29.3 Å². The highest BCUT2D eigenvalue weighted by Gasteiger charge is 2.22. The second kappa shape index (κ2) is 16.2. The van der Waals surface area contributed by atoms with E-state index in [0.717, 1.165) is 0 Å². The molecule has 238 valence electrons. The van der Waals surface area contributed by atoms with Crippen molar-refractivity contribution in [2.24, 2.45) is 0 Å². The van der Waals surface area contributed by atoms with Crippen LogP contribution in [0.3, 0.4) is 0 Å². The zero-order chi connectivity index (χ0) is 32.2. The second-order valence-electron chi connectivity index (χ2n) is 9.25. The number of nitrogens with one attached hydrogen (secondary N) is 2. The molecular weight excluding hydrogens is 598 g/mol. The summed E-state index contributed by atoms with van der Waals surface area (Å²) in [5.74, 6) is 2.46. The molecule has 0 saturated heterocycles. The number of para-hydroxylation sites is 2. The average molecular weight is 636 g/mol. The van der Waals surface area contributed by atoms with Crippen molar-refractivity contribution < 1.29 is 33.3 Å². The number of ether oxygens (including phenoxy) is 5. The minimum atomic E-state index is -0.373. The Balaban J connectivity index is 1.56. The van der Waals surface area contributed by atoms with Gasteiger partial charge in [0.15, 0.2) is 22.5 Å². The number of nitrogens with zero attached hydrogens (tertiary/aromatic N) is 3. The van der Waals surface area contributed by atoms with Gasteiger partial charge >= 0.3 is 0 Å². The SMILES string of the molecule is CCOc1cc(C(=O)NCc2nnc(SCC(=O)Nc3ccc(OC)cc3)n2-c2ccccc2OC)cc(OCC)c1OCC. The second-order valence-corrected chi connectivity index (χ2v) is 10.2. The predicted octanol–water partition coefficient (Wildman–Crippen LogP) is 5.14. The van der Waals surface area contributed by atoms with Gasteiger partial charge in [0.2, 0.25) is 11.7 Å². The van der Waals surface area contributed by atoms with E-state index in [-0.39, 0.29) is 24.1 Å². The molecule has 1 aromatic heterocycles. The first-order valence-electron chi connectivity index (χ1n) is 14.4. The maximum atomic E-state index is 13.4. The maximum Gasteiger partial charge on any atom is 0.251 e. The van der Waals surface area contributed by atoms with Gasteiger partial charge in [-0.15, -0.1) is 10.2 Å². The van der Waals surface area contributed by atoms with Crippen LogP contribution in [-0.2, 0) is 11.3 Å². The van der Waals surface area contributed by atoms with E-state index >= 15 is 0 Å². The van der Waals surface area contributed by atoms with Gasteiger partial charge in [-0.2, -0.15) is 0 Å². The summed E-state index contributed by atoms with van der Waals surface area (Å²) in [6.45, 7) is 6.79. The van der Waals surface area contributed by atoms with Crippen LogP contribution in [0.25, 0.3) is 5.69 Å². The summed E-state index contributed by atoms with van der Waals surface area (Å²) in [6, 6.07) is 17.7. The van der Waals surface area contributed by atoms with Gasteiger partial charge < -0.3 is 34.3 Å². The van der Waals surface area contributed by atoms with Crippen LogP contribution in [-0.4, -0.2) is 66.4 Å². The number of aromatic nitrogens is 3. The largest absolute Gasteiger partial charge is 0.497 e. The molecule has 0 unspecified atom stereocenters. The lowest BCUT2D eigenvalue weighted by atomic mass is 10.1. The summed E-state index contributed by atoms with van der Waals surface area (Å²) in [7, 11) is 3.15. The highest BCUT2D eigenvalue weighted by atomic mass is 32.2. The van der Waals surface area contributed by atoms with E-state index in [1.807, 2.05) is 45.0 Å². The standard InChI is InChI=1S/C32H37N5O7S/c1-6-42-26-17-21(18-27(43-7-2)30(26)44-8-3)31(39)33-19-28-35-36-32(37(28)24-11-9-10-12-25(24)41-5)45-20-29(38)34-22-13-15-23(40-4)16-14-22/h9-18H,6-8,19-20H2,1-5H3,(H,33,39)(H,34,38). The number of methoxy groups -OCH3 is 2. The van der Waals surface area contributed by atoms with E-state index in [1.165, 1.54) is 11.8 Å². The van der Waals surface area contributed by atoms with Crippen LogP contribution in [0.2, 0.25) is 0 Å². The fourth-order valence-electron chi connectivity index (χ4n) is 4.35. The molecule has 4 rings (SSSR count). The summed E-state index contributed by atoms with van der Waals surface area (Å²) < 4.78 is 29.8.